The molecule has 5 aliphatic rings. The molecule has 0 aromatic heterocycles. The molecule has 5 atom stereocenters. The monoisotopic (exact) mass is 779 g/mol. The number of ether oxygens (including phenoxy) is 2. The first kappa shape index (κ1) is 38.3. The standard InChI is InChI=1S/C39H46FN5O9S/c1-24-11-7-8-18-33(24)55(51,52)43-36(48)39-20-26(39)13-5-3-2-4-6-17-31(41-37(49)53-27-14-10-15-27)35(47)45-22-28(19-32(45)34(46)42-39)54-38(50)44-21-25-12-9-16-30(40)29(25)23-44/h5,7-9,11-13,16,18,26-28,31-32H,2-4,6,10,14-15,17,19-23H2,1H3,(H,41,49)(H,42,46)(H,43,48)/b13-5-/t26-,28-,31+,32+,39-/m1/s1. The highest BCUT2D eigenvalue weighted by Gasteiger charge is 2.62. The summed E-state index contributed by atoms with van der Waals surface area (Å²) in [6.07, 6.45) is 6.37. The number of hydrogen-bond donors (Lipinski definition) is 3. The van der Waals surface area contributed by atoms with Gasteiger partial charge in [-0.1, -0.05) is 55.3 Å². The quantitative estimate of drug-likeness (QED) is 0.364. The molecule has 0 unspecified atom stereocenters. The highest BCUT2D eigenvalue weighted by Crippen LogP contribution is 2.46. The van der Waals surface area contributed by atoms with E-state index in [2.05, 4.69) is 15.4 Å². The lowest BCUT2D eigenvalue weighted by Crippen LogP contribution is -2.58. The Bertz CT molecular complexity index is 2010. The summed E-state index contributed by atoms with van der Waals surface area (Å²) in [5, 5.41) is 5.51. The Kier molecular flexibility index (Phi) is 10.9. The molecule has 2 aliphatic carbocycles. The Morgan fingerprint density at radius 3 is 2.49 bits per heavy atom. The van der Waals surface area contributed by atoms with Crippen LogP contribution in [0.25, 0.3) is 0 Å². The van der Waals surface area contributed by atoms with Gasteiger partial charge in [0.15, 0.2) is 0 Å². The molecule has 3 fully saturated rings. The second-order valence-electron chi connectivity index (χ2n) is 15.2. The summed E-state index contributed by atoms with van der Waals surface area (Å²) < 4.78 is 54.8. The van der Waals surface area contributed by atoms with Crippen LogP contribution in [0.2, 0.25) is 0 Å². The first-order chi connectivity index (χ1) is 26.3. The summed E-state index contributed by atoms with van der Waals surface area (Å²) >= 11 is 0. The van der Waals surface area contributed by atoms with Crippen LogP contribution in [0.3, 0.4) is 0 Å². The van der Waals surface area contributed by atoms with Crippen molar-refractivity contribution >= 4 is 39.9 Å². The van der Waals surface area contributed by atoms with Crippen molar-refractivity contribution in [3.05, 3.63) is 77.1 Å². The molecule has 1 saturated heterocycles. The Balaban J connectivity index is 1.14. The van der Waals surface area contributed by atoms with Gasteiger partial charge in [0.05, 0.1) is 18.0 Å². The van der Waals surface area contributed by atoms with E-state index >= 15 is 0 Å². The van der Waals surface area contributed by atoms with Crippen LogP contribution in [0.4, 0.5) is 14.0 Å². The Morgan fingerprint density at radius 2 is 1.75 bits per heavy atom. The molecule has 2 aromatic rings. The van der Waals surface area contributed by atoms with Crippen molar-refractivity contribution in [2.24, 2.45) is 5.92 Å². The van der Waals surface area contributed by atoms with Gasteiger partial charge in [-0.2, -0.15) is 0 Å². The number of halogens is 1. The van der Waals surface area contributed by atoms with Gasteiger partial charge in [-0.05, 0) is 75.1 Å². The maximum atomic E-state index is 14.5. The minimum Gasteiger partial charge on any atom is -0.446 e. The van der Waals surface area contributed by atoms with E-state index in [1.165, 1.54) is 21.9 Å². The predicted octanol–water partition coefficient (Wildman–Crippen LogP) is 4.10. The van der Waals surface area contributed by atoms with Crippen molar-refractivity contribution in [2.75, 3.05) is 6.54 Å². The maximum Gasteiger partial charge on any atom is 0.410 e. The van der Waals surface area contributed by atoms with Gasteiger partial charge in [0.2, 0.25) is 11.8 Å². The summed E-state index contributed by atoms with van der Waals surface area (Å²) in [4.78, 5) is 71.5. The molecule has 0 spiro atoms. The van der Waals surface area contributed by atoms with Crippen LogP contribution < -0.4 is 15.4 Å². The lowest BCUT2D eigenvalue weighted by atomic mass is 9.96. The minimum absolute atomic E-state index is 0.00677. The zero-order valence-corrected chi connectivity index (χ0v) is 31.4. The zero-order valence-electron chi connectivity index (χ0n) is 30.6. The van der Waals surface area contributed by atoms with Crippen molar-refractivity contribution in [3.8, 4) is 0 Å². The fourth-order valence-corrected chi connectivity index (χ4v) is 9.12. The van der Waals surface area contributed by atoms with Gasteiger partial charge < -0.3 is 25.0 Å². The molecule has 294 valence electrons. The van der Waals surface area contributed by atoms with Crippen LogP contribution >= 0.6 is 0 Å². The number of sulfonamides is 1. The fraction of sp³-hybridized carbons (Fsp3) is 0.513. The third-order valence-electron chi connectivity index (χ3n) is 11.3. The highest BCUT2D eigenvalue weighted by atomic mass is 32.2. The third kappa shape index (κ3) is 8.19. The first-order valence-electron chi connectivity index (χ1n) is 19.0. The van der Waals surface area contributed by atoms with E-state index in [-0.39, 0.29) is 49.9 Å². The molecule has 55 heavy (non-hydrogen) atoms. The van der Waals surface area contributed by atoms with Gasteiger partial charge in [-0.15, -0.1) is 0 Å². The molecular formula is C39H46FN5O9S. The van der Waals surface area contributed by atoms with Crippen LogP contribution in [0.1, 0.15) is 80.9 Å². The Morgan fingerprint density at radius 1 is 0.945 bits per heavy atom. The molecule has 7 rings (SSSR count). The van der Waals surface area contributed by atoms with Crippen molar-refractivity contribution in [2.45, 2.75) is 119 Å². The minimum atomic E-state index is -4.32. The highest BCUT2D eigenvalue weighted by molar-refractivity contribution is 7.90. The molecule has 14 nitrogen and oxygen atoms in total. The van der Waals surface area contributed by atoms with Crippen LogP contribution in [0.15, 0.2) is 59.5 Å². The van der Waals surface area contributed by atoms with Gasteiger partial charge in [-0.3, -0.25) is 19.3 Å². The molecule has 3 N–H and O–H groups in total. The summed E-state index contributed by atoms with van der Waals surface area (Å²) in [5.41, 5.74) is -0.170. The van der Waals surface area contributed by atoms with E-state index in [4.69, 9.17) is 9.47 Å². The van der Waals surface area contributed by atoms with Gasteiger partial charge in [0, 0.05) is 24.4 Å². The van der Waals surface area contributed by atoms with Gasteiger partial charge in [-0.25, -0.2) is 27.1 Å². The SMILES string of the molecule is Cc1ccccc1S(=O)(=O)NC(=O)[C@@]12C[C@H]1/C=C\CCCCC[C@H](NC(=O)OC1CCC1)C(=O)N1C[C@H](OC(=O)N3Cc4cccc(F)c4C3)C[C@H]1C(=O)N2. The largest absolute Gasteiger partial charge is 0.446 e. The average molecular weight is 780 g/mol. The number of carbonyl (C=O) groups excluding carboxylic acids is 5. The van der Waals surface area contributed by atoms with Crippen molar-refractivity contribution in [3.63, 3.8) is 0 Å². The molecule has 0 radical (unpaired) electrons. The van der Waals surface area contributed by atoms with Crippen LogP contribution in [-0.4, -0.2) is 84.5 Å². The number of amides is 5. The number of hydrogen-bond acceptors (Lipinski definition) is 9. The molecular weight excluding hydrogens is 734 g/mol. The number of carbonyl (C=O) groups is 5. The van der Waals surface area contributed by atoms with Crippen molar-refractivity contribution in [1.29, 1.82) is 0 Å². The lowest BCUT2D eigenvalue weighted by molar-refractivity contribution is -0.141. The molecule has 3 heterocycles. The molecule has 3 aliphatic heterocycles. The van der Waals surface area contributed by atoms with E-state index in [1.54, 1.807) is 43.3 Å². The van der Waals surface area contributed by atoms with E-state index in [9.17, 15) is 36.8 Å². The normalized spacial score (nSPS) is 27.5. The predicted molar refractivity (Wildman–Crippen MR) is 195 cm³/mol. The summed E-state index contributed by atoms with van der Waals surface area (Å²) in [6.45, 7) is 1.53. The number of benzene rings is 2. The number of nitrogens with one attached hydrogen (secondary N) is 3. The first-order valence-corrected chi connectivity index (χ1v) is 20.4. The van der Waals surface area contributed by atoms with Crippen LogP contribution in [0.5, 0.6) is 0 Å². The van der Waals surface area contributed by atoms with Crippen LogP contribution in [0, 0.1) is 18.7 Å². The summed E-state index contributed by atoms with van der Waals surface area (Å²) in [6, 6.07) is 8.51. The maximum absolute atomic E-state index is 14.5. The Labute approximate surface area is 319 Å². The average Bonchev–Trinajstić information content (AvgIpc) is 3.42. The van der Waals surface area contributed by atoms with Gasteiger partial charge in [0.1, 0.15) is 35.6 Å². The van der Waals surface area contributed by atoms with E-state index in [0.29, 0.717) is 29.5 Å². The smallest absolute Gasteiger partial charge is 0.410 e. The van der Waals surface area contributed by atoms with Crippen molar-refractivity contribution < 1.29 is 46.3 Å². The van der Waals surface area contributed by atoms with Crippen LogP contribution in [-0.2, 0) is 47.0 Å². The number of alkyl carbamates (subject to hydrolysis) is 1. The number of fused-ring (bicyclic) bond motifs is 3. The van der Waals surface area contributed by atoms with E-state index < -0.39 is 75.4 Å². The molecule has 2 aromatic carbocycles. The topological polar surface area (TPSA) is 181 Å². The third-order valence-corrected chi connectivity index (χ3v) is 12.8. The second kappa shape index (κ2) is 15.6. The number of nitrogens with zero attached hydrogens (tertiary/aromatic N) is 2. The zero-order chi connectivity index (χ0) is 38.9. The van der Waals surface area contributed by atoms with Gasteiger partial charge in [0.25, 0.3) is 15.9 Å². The molecule has 2 saturated carbocycles. The summed E-state index contributed by atoms with van der Waals surface area (Å²) in [7, 11) is -4.32. The number of rotatable bonds is 6. The fourth-order valence-electron chi connectivity index (χ4n) is 7.83. The van der Waals surface area contributed by atoms with E-state index in [1.807, 2.05) is 6.08 Å². The van der Waals surface area contributed by atoms with Crippen molar-refractivity contribution in [1.82, 2.24) is 25.2 Å². The Hall–Kier alpha value is -4.99. The lowest BCUT2D eigenvalue weighted by Gasteiger charge is -2.31. The number of aryl methyl sites for hydroxylation is 1. The molecule has 0 bridgehead atoms. The van der Waals surface area contributed by atoms with E-state index in [0.717, 1.165) is 32.1 Å². The number of allylic oxidation sites excluding steroid dienone is 1. The molecule has 16 heteroatoms. The molecule has 5 amide bonds. The second-order valence-corrected chi connectivity index (χ2v) is 16.8. The van der Waals surface area contributed by atoms with Gasteiger partial charge >= 0.3 is 12.2 Å². The summed E-state index contributed by atoms with van der Waals surface area (Å²) in [5.74, 6) is -3.20.